The molecule has 0 bridgehead atoms. The predicted molar refractivity (Wildman–Crippen MR) is 96.7 cm³/mol. The molecule has 0 unspecified atom stereocenters. The topological polar surface area (TPSA) is 134 Å². The van der Waals surface area contributed by atoms with E-state index in [2.05, 4.69) is 30.9 Å². The van der Waals surface area contributed by atoms with E-state index in [9.17, 15) is 4.79 Å². The van der Waals surface area contributed by atoms with E-state index in [1.807, 2.05) is 6.07 Å². The van der Waals surface area contributed by atoms with Crippen molar-refractivity contribution in [3.63, 3.8) is 0 Å². The Morgan fingerprint density at radius 3 is 2.89 bits per heavy atom. The third-order valence-corrected chi connectivity index (χ3v) is 3.86. The van der Waals surface area contributed by atoms with E-state index in [0.717, 1.165) is 13.1 Å². The molecule has 0 aromatic carbocycles. The lowest BCUT2D eigenvalue weighted by molar-refractivity contribution is 0.0371. The average molecular weight is 369 g/mol. The van der Waals surface area contributed by atoms with Crippen LogP contribution in [0, 0.1) is 11.3 Å². The third-order valence-electron chi connectivity index (χ3n) is 3.86. The Morgan fingerprint density at radius 1 is 1.37 bits per heavy atom. The van der Waals surface area contributed by atoms with Gasteiger partial charge in [0.2, 0.25) is 0 Å². The summed E-state index contributed by atoms with van der Waals surface area (Å²) >= 11 is 0. The van der Waals surface area contributed by atoms with Crippen LogP contribution in [-0.2, 0) is 9.47 Å². The molecule has 0 aliphatic carbocycles. The van der Waals surface area contributed by atoms with Crippen molar-refractivity contribution in [2.75, 3.05) is 44.0 Å². The first kappa shape index (κ1) is 18.5. The quantitative estimate of drug-likeness (QED) is 0.624. The molecule has 140 valence electrons. The zero-order valence-corrected chi connectivity index (χ0v) is 14.7. The van der Waals surface area contributed by atoms with Crippen molar-refractivity contribution < 1.29 is 14.3 Å². The number of hydrogen-bond acceptors (Lipinski definition) is 10. The number of carbonyl (C=O) groups is 1. The minimum atomic E-state index is -0.489. The number of nitriles is 1. The van der Waals surface area contributed by atoms with Crippen LogP contribution in [0.3, 0.4) is 0 Å². The van der Waals surface area contributed by atoms with Gasteiger partial charge in [-0.2, -0.15) is 5.26 Å². The molecule has 0 spiro atoms. The molecule has 0 amide bonds. The number of rotatable bonds is 6. The van der Waals surface area contributed by atoms with Gasteiger partial charge in [-0.05, 0) is 0 Å². The highest BCUT2D eigenvalue weighted by atomic mass is 16.5. The Balaban J connectivity index is 1.76. The molecule has 2 aromatic heterocycles. The predicted octanol–water partition coefficient (Wildman–Crippen LogP) is 0.674. The van der Waals surface area contributed by atoms with Gasteiger partial charge in [0.1, 0.15) is 23.3 Å². The number of esters is 1. The highest BCUT2D eigenvalue weighted by molar-refractivity contribution is 5.95. The van der Waals surface area contributed by atoms with Crippen molar-refractivity contribution in [2.45, 2.75) is 6.10 Å². The molecule has 10 nitrogen and oxygen atoms in total. The lowest BCUT2D eigenvalue weighted by atomic mass is 10.2. The second kappa shape index (κ2) is 8.88. The number of methoxy groups -OCH3 is 1. The zero-order valence-electron chi connectivity index (χ0n) is 14.7. The summed E-state index contributed by atoms with van der Waals surface area (Å²) in [7, 11) is 1.32. The number of ether oxygens (including phenoxy) is 2. The Kier molecular flexibility index (Phi) is 6.09. The van der Waals surface area contributed by atoms with Crippen molar-refractivity contribution in [3.8, 4) is 6.07 Å². The van der Waals surface area contributed by atoms with Crippen LogP contribution in [0.25, 0.3) is 0 Å². The second-order valence-electron chi connectivity index (χ2n) is 5.71. The van der Waals surface area contributed by atoms with E-state index in [-0.39, 0.29) is 11.8 Å². The van der Waals surface area contributed by atoms with Gasteiger partial charge in [-0.1, -0.05) is 0 Å². The van der Waals surface area contributed by atoms with Crippen LogP contribution in [0.1, 0.15) is 16.1 Å². The second-order valence-corrected chi connectivity index (χ2v) is 5.71. The number of morpholine rings is 1. The maximum Gasteiger partial charge on any atom is 0.341 e. The molecular formula is C17H19N7O3. The van der Waals surface area contributed by atoms with Gasteiger partial charge in [0, 0.05) is 31.9 Å². The minimum Gasteiger partial charge on any atom is -0.465 e. The Hall–Kier alpha value is -3.29. The standard InChI is InChI=1S/C17H19N7O3/c1-26-17(25)13-9-23-15(24-16-10-20-11(5-18)6-22-16)4-14(13)21-8-12-7-19-2-3-27-12/h4,6,9-10,12,19H,2-3,7-8H2,1H3,(H2,21,22,23,24)/t12-/m1/s1. The van der Waals surface area contributed by atoms with Gasteiger partial charge in [-0.25, -0.2) is 19.7 Å². The van der Waals surface area contributed by atoms with E-state index < -0.39 is 5.97 Å². The molecule has 1 aliphatic rings. The van der Waals surface area contributed by atoms with Gasteiger partial charge in [-0.15, -0.1) is 0 Å². The molecule has 3 rings (SSSR count). The van der Waals surface area contributed by atoms with Crippen molar-refractivity contribution >= 4 is 23.3 Å². The van der Waals surface area contributed by atoms with Gasteiger partial charge in [-0.3, -0.25) is 0 Å². The minimum absolute atomic E-state index is 0.00165. The monoisotopic (exact) mass is 369 g/mol. The van der Waals surface area contributed by atoms with E-state index in [1.54, 1.807) is 6.07 Å². The highest BCUT2D eigenvalue weighted by Gasteiger charge is 2.17. The summed E-state index contributed by atoms with van der Waals surface area (Å²) in [5.41, 5.74) is 1.10. The fraction of sp³-hybridized carbons (Fsp3) is 0.353. The molecule has 2 aromatic rings. The molecule has 10 heteroatoms. The summed E-state index contributed by atoms with van der Waals surface area (Å²) in [5.74, 6) is 0.405. The van der Waals surface area contributed by atoms with Gasteiger partial charge >= 0.3 is 5.97 Å². The Bertz CT molecular complexity index is 829. The average Bonchev–Trinajstić information content (AvgIpc) is 2.73. The van der Waals surface area contributed by atoms with Crippen molar-refractivity contribution in [1.82, 2.24) is 20.3 Å². The number of pyridine rings is 1. The van der Waals surface area contributed by atoms with E-state index in [1.165, 1.54) is 25.7 Å². The molecule has 1 aliphatic heterocycles. The number of nitrogens with zero attached hydrogens (tertiary/aromatic N) is 4. The van der Waals surface area contributed by atoms with E-state index in [4.69, 9.17) is 14.7 Å². The Morgan fingerprint density at radius 2 is 2.22 bits per heavy atom. The fourth-order valence-electron chi connectivity index (χ4n) is 2.50. The summed E-state index contributed by atoms with van der Waals surface area (Å²) in [6, 6.07) is 3.59. The summed E-state index contributed by atoms with van der Waals surface area (Å²) < 4.78 is 10.5. The van der Waals surface area contributed by atoms with Gasteiger partial charge in [0.05, 0.1) is 37.9 Å². The first-order valence-electron chi connectivity index (χ1n) is 8.33. The molecule has 0 saturated carbocycles. The van der Waals surface area contributed by atoms with Crippen LogP contribution in [-0.4, -0.2) is 60.4 Å². The van der Waals surface area contributed by atoms with E-state index in [0.29, 0.717) is 36.0 Å². The number of carbonyl (C=O) groups excluding carboxylic acids is 1. The van der Waals surface area contributed by atoms with Crippen LogP contribution in [0.5, 0.6) is 0 Å². The summed E-state index contributed by atoms with van der Waals surface area (Å²) in [6.45, 7) is 2.74. The van der Waals surface area contributed by atoms with Gasteiger partial charge in [0.15, 0.2) is 5.69 Å². The SMILES string of the molecule is COC(=O)c1cnc(Nc2cnc(C#N)cn2)cc1NC[C@H]1CNCCO1. The van der Waals surface area contributed by atoms with Crippen LogP contribution < -0.4 is 16.0 Å². The first-order valence-corrected chi connectivity index (χ1v) is 8.33. The molecule has 1 fully saturated rings. The molecule has 27 heavy (non-hydrogen) atoms. The number of aromatic nitrogens is 3. The number of hydrogen-bond donors (Lipinski definition) is 3. The zero-order chi connectivity index (χ0) is 19.1. The maximum atomic E-state index is 12.0. The van der Waals surface area contributed by atoms with Gasteiger partial charge in [0.25, 0.3) is 0 Å². The highest BCUT2D eigenvalue weighted by Crippen LogP contribution is 2.21. The largest absolute Gasteiger partial charge is 0.465 e. The first-order chi connectivity index (χ1) is 13.2. The van der Waals surface area contributed by atoms with Crippen LogP contribution in [0.4, 0.5) is 17.3 Å². The summed E-state index contributed by atoms with van der Waals surface area (Å²) in [4.78, 5) is 24.3. The number of anilines is 3. The van der Waals surface area contributed by atoms with Crippen LogP contribution in [0.15, 0.2) is 24.7 Å². The normalized spacial score (nSPS) is 16.2. The van der Waals surface area contributed by atoms with Crippen molar-refractivity contribution in [2.24, 2.45) is 0 Å². The smallest absolute Gasteiger partial charge is 0.341 e. The van der Waals surface area contributed by atoms with Crippen LogP contribution in [0.2, 0.25) is 0 Å². The van der Waals surface area contributed by atoms with Crippen molar-refractivity contribution in [3.05, 3.63) is 35.9 Å². The summed E-state index contributed by atoms with van der Waals surface area (Å²) in [6.07, 6.45) is 4.21. The molecule has 3 heterocycles. The molecule has 1 atom stereocenters. The summed E-state index contributed by atoms with van der Waals surface area (Å²) in [5, 5.41) is 18.2. The molecule has 1 saturated heterocycles. The molecule has 3 N–H and O–H groups in total. The van der Waals surface area contributed by atoms with Crippen LogP contribution >= 0.6 is 0 Å². The lowest BCUT2D eigenvalue weighted by Gasteiger charge is -2.24. The molecular weight excluding hydrogens is 350 g/mol. The maximum absolute atomic E-state index is 12.0. The Labute approximate surface area is 155 Å². The van der Waals surface area contributed by atoms with Gasteiger partial charge < -0.3 is 25.4 Å². The number of nitrogens with one attached hydrogen (secondary N) is 3. The van der Waals surface area contributed by atoms with E-state index >= 15 is 0 Å². The lowest BCUT2D eigenvalue weighted by Crippen LogP contribution is -2.42. The fourth-order valence-corrected chi connectivity index (χ4v) is 2.50. The molecule has 0 radical (unpaired) electrons. The van der Waals surface area contributed by atoms with Crippen molar-refractivity contribution in [1.29, 1.82) is 5.26 Å². The third kappa shape index (κ3) is 4.87.